The number of aliphatic hydroxyl groups is 1. The van der Waals surface area contributed by atoms with E-state index in [-0.39, 0.29) is 6.10 Å². The van der Waals surface area contributed by atoms with Crippen molar-refractivity contribution in [3.8, 4) is 0 Å². The molecular weight excluding hydrogens is 252 g/mol. The molecule has 5 rings (SSSR count). The number of hydrogen-bond acceptors (Lipinski definition) is 1. The molecule has 6 bridgehead atoms. The third-order valence-electron chi connectivity index (χ3n) is 6.11. The number of halogens is 1. The molecule has 0 radical (unpaired) electrons. The number of unbranched alkanes of at least 4 members (excludes halogenated alkanes) is 1. The summed E-state index contributed by atoms with van der Waals surface area (Å²) in [4.78, 5) is 0.749. The van der Waals surface area contributed by atoms with Crippen molar-refractivity contribution in [2.45, 2.75) is 43.5 Å². The van der Waals surface area contributed by atoms with Gasteiger partial charge in [0, 0.05) is 4.83 Å². The van der Waals surface area contributed by atoms with Crippen molar-refractivity contribution in [2.75, 3.05) is 0 Å². The Morgan fingerprint density at radius 3 is 2.73 bits per heavy atom. The van der Waals surface area contributed by atoms with Gasteiger partial charge in [-0.2, -0.15) is 0 Å². The minimum absolute atomic E-state index is 0.0484. The van der Waals surface area contributed by atoms with Crippen molar-refractivity contribution in [3.05, 3.63) is 0 Å². The fourth-order valence-electron chi connectivity index (χ4n) is 5.88. The first-order chi connectivity index (χ1) is 7.23. The molecular formula is C13H19BrO. The number of hydrogen-bond donors (Lipinski definition) is 1. The van der Waals surface area contributed by atoms with Crippen molar-refractivity contribution in [3.63, 3.8) is 0 Å². The normalized spacial score (nSPS) is 67.8. The second-order valence-corrected chi connectivity index (χ2v) is 7.28. The van der Waals surface area contributed by atoms with Gasteiger partial charge in [-0.15, -0.1) is 0 Å². The van der Waals surface area contributed by atoms with E-state index in [0.717, 1.165) is 34.9 Å². The Morgan fingerprint density at radius 2 is 2.13 bits per heavy atom. The number of alkyl halides is 1. The van der Waals surface area contributed by atoms with Crippen LogP contribution in [0, 0.1) is 35.0 Å². The summed E-state index contributed by atoms with van der Waals surface area (Å²) in [5.41, 5.74) is 0.646. The fourth-order valence-corrected chi connectivity index (χ4v) is 7.46. The topological polar surface area (TPSA) is 20.2 Å². The van der Waals surface area contributed by atoms with Gasteiger partial charge in [-0.25, -0.2) is 0 Å². The van der Waals surface area contributed by atoms with Crippen LogP contribution in [0.2, 0.25) is 0 Å². The minimum Gasteiger partial charge on any atom is -0.393 e. The van der Waals surface area contributed by atoms with Crippen molar-refractivity contribution in [1.29, 1.82) is 0 Å². The Kier molecular flexibility index (Phi) is 1.67. The maximum absolute atomic E-state index is 10.1. The Hall–Kier alpha value is 0.440. The molecule has 0 heterocycles. The maximum atomic E-state index is 10.1. The number of aliphatic hydroxyl groups excluding tert-OH is 1. The van der Waals surface area contributed by atoms with Gasteiger partial charge in [0.15, 0.2) is 0 Å². The highest BCUT2D eigenvalue weighted by Gasteiger charge is 2.88. The van der Waals surface area contributed by atoms with Gasteiger partial charge in [-0.3, -0.25) is 0 Å². The third kappa shape index (κ3) is 0.782. The van der Waals surface area contributed by atoms with E-state index >= 15 is 0 Å². The van der Waals surface area contributed by atoms with Crippen molar-refractivity contribution < 1.29 is 5.11 Å². The second-order valence-electron chi connectivity index (χ2n) is 6.29. The predicted molar refractivity (Wildman–Crippen MR) is 62.7 cm³/mol. The summed E-state index contributed by atoms with van der Waals surface area (Å²) in [5, 5.41) is 10.1. The molecule has 0 aromatic heterocycles. The lowest BCUT2D eigenvalue weighted by Crippen LogP contribution is -2.19. The molecule has 1 N–H and O–H groups in total. The Morgan fingerprint density at radius 1 is 1.33 bits per heavy atom. The summed E-state index contributed by atoms with van der Waals surface area (Å²) in [6, 6.07) is 0. The lowest BCUT2D eigenvalue weighted by atomic mass is 9.96. The first kappa shape index (κ1) is 9.47. The highest BCUT2D eigenvalue weighted by Crippen LogP contribution is 2.89. The largest absolute Gasteiger partial charge is 0.393 e. The summed E-state index contributed by atoms with van der Waals surface area (Å²) >= 11 is 3.98. The molecule has 0 aliphatic heterocycles. The highest BCUT2D eigenvalue weighted by atomic mass is 79.9. The third-order valence-corrected chi connectivity index (χ3v) is 7.57. The van der Waals surface area contributed by atoms with Crippen molar-refractivity contribution >= 4 is 15.9 Å². The van der Waals surface area contributed by atoms with Crippen LogP contribution in [-0.2, 0) is 0 Å². The summed E-state index contributed by atoms with van der Waals surface area (Å²) in [5.74, 6) is 4.32. The molecule has 8 atom stereocenters. The molecule has 0 spiro atoms. The molecule has 0 saturated heterocycles. The van der Waals surface area contributed by atoms with Crippen LogP contribution in [0.1, 0.15) is 32.6 Å². The SMILES string of the molecule is CCCC[C@]12[C@@H]3[C@H]4C[C@H](O)[C@H]([C@H]4[C@@H]1Br)[C@@H]32. The average molecular weight is 271 g/mol. The molecule has 0 aromatic carbocycles. The fraction of sp³-hybridized carbons (Fsp3) is 1.00. The van der Waals surface area contributed by atoms with Crippen LogP contribution in [0.4, 0.5) is 0 Å². The van der Waals surface area contributed by atoms with Gasteiger partial charge < -0.3 is 5.11 Å². The highest BCUT2D eigenvalue weighted by molar-refractivity contribution is 9.09. The number of rotatable bonds is 3. The molecule has 1 nitrogen and oxygen atoms in total. The molecule has 0 unspecified atom stereocenters. The zero-order valence-corrected chi connectivity index (χ0v) is 10.8. The van der Waals surface area contributed by atoms with Crippen LogP contribution < -0.4 is 0 Å². The Bertz CT molecular complexity index is 314. The zero-order chi connectivity index (χ0) is 10.4. The minimum atomic E-state index is 0.0484. The molecule has 0 amide bonds. The molecule has 84 valence electrons. The average Bonchev–Trinajstić information content (AvgIpc) is 2.47. The van der Waals surface area contributed by atoms with E-state index < -0.39 is 0 Å². The monoisotopic (exact) mass is 270 g/mol. The van der Waals surface area contributed by atoms with Crippen LogP contribution in [0.15, 0.2) is 0 Å². The predicted octanol–water partition coefficient (Wildman–Crippen LogP) is 2.81. The molecule has 15 heavy (non-hydrogen) atoms. The smallest absolute Gasteiger partial charge is 0.0577 e. The Balaban J connectivity index is 1.67. The van der Waals surface area contributed by atoms with Gasteiger partial charge in [0.1, 0.15) is 0 Å². The summed E-state index contributed by atoms with van der Waals surface area (Å²) < 4.78 is 0. The van der Waals surface area contributed by atoms with Crippen LogP contribution in [0.25, 0.3) is 0 Å². The van der Waals surface area contributed by atoms with E-state index in [1.165, 1.54) is 19.3 Å². The summed E-state index contributed by atoms with van der Waals surface area (Å²) in [6.07, 6.45) is 5.30. The first-order valence-electron chi connectivity index (χ1n) is 6.55. The van der Waals surface area contributed by atoms with Crippen LogP contribution in [0.3, 0.4) is 0 Å². The molecule has 0 aromatic rings. The molecule has 5 saturated carbocycles. The van der Waals surface area contributed by atoms with Gasteiger partial charge in [0.2, 0.25) is 0 Å². The van der Waals surface area contributed by atoms with E-state index in [1.54, 1.807) is 0 Å². The molecule has 2 heteroatoms. The second kappa shape index (κ2) is 2.64. The van der Waals surface area contributed by atoms with Crippen molar-refractivity contribution in [1.82, 2.24) is 0 Å². The Labute approximate surface area is 99.8 Å². The van der Waals surface area contributed by atoms with Gasteiger partial charge in [-0.1, -0.05) is 35.7 Å². The van der Waals surface area contributed by atoms with Crippen molar-refractivity contribution in [2.24, 2.45) is 35.0 Å². The van der Waals surface area contributed by atoms with Crippen LogP contribution >= 0.6 is 15.9 Å². The van der Waals surface area contributed by atoms with E-state index in [1.807, 2.05) is 0 Å². The molecule has 5 aliphatic carbocycles. The quantitative estimate of drug-likeness (QED) is 0.783. The zero-order valence-electron chi connectivity index (χ0n) is 9.20. The van der Waals surface area contributed by atoms with E-state index in [9.17, 15) is 5.11 Å². The van der Waals surface area contributed by atoms with Crippen LogP contribution in [0.5, 0.6) is 0 Å². The standard InChI is InChI=1S/C13H19BrO/c1-2-3-4-13-10-6-5-7(15)9(11(10)13)8(6)12(13)14/h6-12,15H,2-5H2,1H3/t6-,7-,8-,9+,10+,11-,12-,13+/m0/s1. The first-order valence-corrected chi connectivity index (χ1v) is 7.47. The summed E-state index contributed by atoms with van der Waals surface area (Å²) in [7, 11) is 0. The summed E-state index contributed by atoms with van der Waals surface area (Å²) in [6.45, 7) is 2.29. The van der Waals surface area contributed by atoms with E-state index in [4.69, 9.17) is 0 Å². The van der Waals surface area contributed by atoms with E-state index in [0.29, 0.717) is 11.3 Å². The maximum Gasteiger partial charge on any atom is 0.0577 e. The lowest BCUT2D eigenvalue weighted by Gasteiger charge is -2.17. The lowest BCUT2D eigenvalue weighted by molar-refractivity contribution is 0.104. The van der Waals surface area contributed by atoms with E-state index in [2.05, 4.69) is 22.9 Å². The van der Waals surface area contributed by atoms with Gasteiger partial charge >= 0.3 is 0 Å². The van der Waals surface area contributed by atoms with Crippen LogP contribution in [-0.4, -0.2) is 16.0 Å². The van der Waals surface area contributed by atoms with Gasteiger partial charge in [0.25, 0.3) is 0 Å². The molecule has 5 aliphatic rings. The van der Waals surface area contributed by atoms with Gasteiger partial charge in [-0.05, 0) is 47.8 Å². The van der Waals surface area contributed by atoms with Gasteiger partial charge in [0.05, 0.1) is 6.10 Å². The molecule has 5 fully saturated rings.